The highest BCUT2D eigenvalue weighted by molar-refractivity contribution is 6.11. The van der Waals surface area contributed by atoms with Crippen LogP contribution >= 0.6 is 0 Å². The number of benzene rings is 2. The Morgan fingerprint density at radius 1 is 1.08 bits per heavy atom. The summed E-state index contributed by atoms with van der Waals surface area (Å²) >= 11 is 0. The monoisotopic (exact) mass is 345 g/mol. The third kappa shape index (κ3) is 2.73. The van der Waals surface area contributed by atoms with Crippen LogP contribution < -0.4 is 4.74 Å². The van der Waals surface area contributed by atoms with Gasteiger partial charge in [-0.3, -0.25) is 14.6 Å². The molecule has 0 saturated heterocycles. The molecule has 0 saturated carbocycles. The van der Waals surface area contributed by atoms with Gasteiger partial charge in [-0.05, 0) is 23.8 Å². The van der Waals surface area contributed by atoms with E-state index in [0.29, 0.717) is 11.1 Å². The van der Waals surface area contributed by atoms with Gasteiger partial charge in [-0.1, -0.05) is 36.4 Å². The highest BCUT2D eigenvalue weighted by Crippen LogP contribution is 2.45. The number of ether oxygens (including phenoxy) is 1. The smallest absolute Gasteiger partial charge is 0.312 e. The molecule has 5 nitrogen and oxygen atoms in total. The topological polar surface area (TPSA) is 76.5 Å². The van der Waals surface area contributed by atoms with Crippen molar-refractivity contribution < 1.29 is 19.4 Å². The molecule has 5 heteroatoms. The lowest BCUT2D eigenvalue weighted by Crippen LogP contribution is -2.22. The molecule has 1 unspecified atom stereocenters. The van der Waals surface area contributed by atoms with Gasteiger partial charge in [-0.25, -0.2) is 0 Å². The normalized spacial score (nSPS) is 15.8. The van der Waals surface area contributed by atoms with Gasteiger partial charge in [0.1, 0.15) is 11.5 Å². The fraction of sp³-hybridized carbons (Fsp3) is 0.0952. The van der Waals surface area contributed by atoms with Crippen molar-refractivity contribution >= 4 is 11.8 Å². The molecule has 0 fully saturated rings. The maximum absolute atomic E-state index is 12.8. The number of pyridine rings is 1. The third-order valence-electron chi connectivity index (χ3n) is 4.49. The zero-order valence-corrected chi connectivity index (χ0v) is 13.8. The van der Waals surface area contributed by atoms with Crippen molar-refractivity contribution in [3.63, 3.8) is 0 Å². The van der Waals surface area contributed by atoms with Gasteiger partial charge in [0.25, 0.3) is 0 Å². The zero-order chi connectivity index (χ0) is 18.1. The highest BCUT2D eigenvalue weighted by atomic mass is 16.5. The summed E-state index contributed by atoms with van der Waals surface area (Å²) in [5.41, 5.74) is 1.89. The second kappa shape index (κ2) is 6.44. The second-order valence-corrected chi connectivity index (χ2v) is 6.09. The van der Waals surface area contributed by atoms with Crippen LogP contribution in [-0.2, 0) is 4.79 Å². The van der Waals surface area contributed by atoms with Gasteiger partial charge >= 0.3 is 5.97 Å². The first-order valence-corrected chi connectivity index (χ1v) is 8.21. The first kappa shape index (κ1) is 16.0. The molecule has 26 heavy (non-hydrogen) atoms. The lowest BCUT2D eigenvalue weighted by Gasteiger charge is -2.26. The van der Waals surface area contributed by atoms with Crippen LogP contribution in [0.2, 0.25) is 0 Å². The van der Waals surface area contributed by atoms with E-state index in [9.17, 15) is 14.7 Å². The van der Waals surface area contributed by atoms with Crippen molar-refractivity contribution in [3.05, 3.63) is 89.2 Å². The molecule has 1 aliphatic rings. The molecule has 0 aliphatic carbocycles. The number of carbonyl (C=O) groups excluding carboxylic acids is 2. The minimum absolute atomic E-state index is 0.0786. The Labute approximate surface area is 149 Å². The van der Waals surface area contributed by atoms with Crippen LogP contribution in [0.5, 0.6) is 11.5 Å². The third-order valence-corrected chi connectivity index (χ3v) is 4.49. The number of hydrogen-bond donors (Lipinski definition) is 1. The summed E-state index contributed by atoms with van der Waals surface area (Å²) in [6, 6.07) is 15.4. The molecule has 2 aromatic carbocycles. The van der Waals surface area contributed by atoms with Crippen LogP contribution in [-0.4, -0.2) is 21.8 Å². The Hall–Kier alpha value is -3.47. The predicted molar refractivity (Wildman–Crippen MR) is 94.3 cm³/mol. The van der Waals surface area contributed by atoms with E-state index in [-0.39, 0.29) is 35.2 Å². The minimum atomic E-state index is -0.413. The number of hydrogen-bond acceptors (Lipinski definition) is 5. The molecular formula is C21H15NO4. The average molecular weight is 345 g/mol. The number of rotatable bonds is 3. The fourth-order valence-corrected chi connectivity index (χ4v) is 3.24. The molecular weight excluding hydrogens is 330 g/mol. The number of carbonyl (C=O) groups is 2. The summed E-state index contributed by atoms with van der Waals surface area (Å²) in [7, 11) is 0. The fourth-order valence-electron chi connectivity index (χ4n) is 3.24. The van der Waals surface area contributed by atoms with Gasteiger partial charge in [-0.2, -0.15) is 0 Å². The summed E-state index contributed by atoms with van der Waals surface area (Å²) in [5, 5.41) is 10.9. The summed E-state index contributed by atoms with van der Waals surface area (Å²) in [4.78, 5) is 28.8. The molecule has 0 spiro atoms. The van der Waals surface area contributed by atoms with Crippen molar-refractivity contribution in [2.75, 3.05) is 0 Å². The van der Waals surface area contributed by atoms with E-state index in [1.165, 1.54) is 6.07 Å². The predicted octanol–water partition coefficient (Wildman–Crippen LogP) is 3.46. The first-order chi connectivity index (χ1) is 12.6. The Morgan fingerprint density at radius 3 is 2.62 bits per heavy atom. The number of nitrogens with zero attached hydrogens (tertiary/aromatic N) is 1. The van der Waals surface area contributed by atoms with E-state index in [0.717, 1.165) is 5.56 Å². The molecule has 128 valence electrons. The van der Waals surface area contributed by atoms with Crippen LogP contribution in [0.25, 0.3) is 0 Å². The summed E-state index contributed by atoms with van der Waals surface area (Å²) in [6.07, 6.45) is 3.37. The first-order valence-electron chi connectivity index (χ1n) is 8.21. The maximum Gasteiger partial charge on any atom is 0.312 e. The van der Waals surface area contributed by atoms with Gasteiger partial charge in [0.2, 0.25) is 0 Å². The van der Waals surface area contributed by atoms with Gasteiger partial charge in [-0.15, -0.1) is 0 Å². The number of ketones is 1. The van der Waals surface area contributed by atoms with Gasteiger partial charge in [0.15, 0.2) is 5.78 Å². The molecule has 0 bridgehead atoms. The molecule has 3 aromatic rings. The van der Waals surface area contributed by atoms with Crippen molar-refractivity contribution in [3.8, 4) is 11.5 Å². The van der Waals surface area contributed by atoms with Crippen molar-refractivity contribution in [2.45, 2.75) is 12.3 Å². The molecule has 4 rings (SSSR count). The molecule has 1 atom stereocenters. The standard InChI is InChI=1S/C21H15NO4/c23-18-11-16(14-7-4-10-22-12-14)19-17(26-18)9-8-15(21(19)25)20(24)13-5-2-1-3-6-13/h1-10,12,16,25H,11H2. The van der Waals surface area contributed by atoms with E-state index in [4.69, 9.17) is 4.74 Å². The number of phenolic OH excluding ortho intramolecular Hbond substituents is 1. The largest absolute Gasteiger partial charge is 0.507 e. The maximum atomic E-state index is 12.8. The summed E-state index contributed by atoms with van der Waals surface area (Å²) in [6.45, 7) is 0. The molecule has 1 aliphatic heterocycles. The van der Waals surface area contributed by atoms with E-state index < -0.39 is 5.92 Å². The van der Waals surface area contributed by atoms with Crippen LogP contribution in [0.1, 0.15) is 39.4 Å². The lowest BCUT2D eigenvalue weighted by molar-refractivity contribution is -0.135. The Bertz CT molecular complexity index is 984. The lowest BCUT2D eigenvalue weighted by atomic mass is 9.84. The number of aromatic hydroxyl groups is 1. The minimum Gasteiger partial charge on any atom is -0.507 e. The molecule has 0 amide bonds. The van der Waals surface area contributed by atoms with E-state index >= 15 is 0 Å². The van der Waals surface area contributed by atoms with Crippen LogP contribution in [0, 0.1) is 0 Å². The molecule has 1 aromatic heterocycles. The van der Waals surface area contributed by atoms with Crippen LogP contribution in [0.3, 0.4) is 0 Å². The Kier molecular flexibility index (Phi) is 3.97. The van der Waals surface area contributed by atoms with E-state index in [1.54, 1.807) is 48.8 Å². The van der Waals surface area contributed by atoms with Gasteiger partial charge in [0, 0.05) is 29.4 Å². The highest BCUT2D eigenvalue weighted by Gasteiger charge is 2.33. The number of phenols is 1. The van der Waals surface area contributed by atoms with Gasteiger partial charge in [0.05, 0.1) is 12.0 Å². The average Bonchev–Trinajstić information content (AvgIpc) is 2.68. The number of aromatic nitrogens is 1. The molecule has 2 heterocycles. The van der Waals surface area contributed by atoms with Crippen molar-refractivity contribution in [1.29, 1.82) is 0 Å². The Balaban J connectivity index is 1.85. The van der Waals surface area contributed by atoms with Crippen molar-refractivity contribution in [1.82, 2.24) is 4.98 Å². The van der Waals surface area contributed by atoms with E-state index in [2.05, 4.69) is 4.98 Å². The van der Waals surface area contributed by atoms with Gasteiger partial charge < -0.3 is 9.84 Å². The van der Waals surface area contributed by atoms with Crippen molar-refractivity contribution in [2.24, 2.45) is 0 Å². The molecule has 1 N–H and O–H groups in total. The van der Waals surface area contributed by atoms with Crippen LogP contribution in [0.15, 0.2) is 67.0 Å². The Morgan fingerprint density at radius 2 is 1.88 bits per heavy atom. The van der Waals surface area contributed by atoms with Crippen LogP contribution in [0.4, 0.5) is 0 Å². The summed E-state index contributed by atoms with van der Waals surface area (Å²) < 4.78 is 5.27. The number of fused-ring (bicyclic) bond motifs is 1. The summed E-state index contributed by atoms with van der Waals surface area (Å²) in [5.74, 6) is -0.959. The SMILES string of the molecule is O=C1CC(c2cccnc2)c2c(ccc(C(=O)c3ccccc3)c2O)O1. The quantitative estimate of drug-likeness (QED) is 0.447. The number of esters is 1. The zero-order valence-electron chi connectivity index (χ0n) is 13.8. The molecule has 0 radical (unpaired) electrons. The van der Waals surface area contributed by atoms with E-state index in [1.807, 2.05) is 12.1 Å². The second-order valence-electron chi connectivity index (χ2n) is 6.09.